The van der Waals surface area contributed by atoms with Crippen molar-refractivity contribution >= 4 is 12.1 Å². The third kappa shape index (κ3) is 4.17. The minimum absolute atomic E-state index is 0.551. The van der Waals surface area contributed by atoms with Crippen LogP contribution in [0, 0.1) is 11.8 Å². The van der Waals surface area contributed by atoms with Crippen LogP contribution in [-0.2, 0) is 0 Å². The summed E-state index contributed by atoms with van der Waals surface area (Å²) in [4.78, 5) is 17.6. The van der Waals surface area contributed by atoms with Crippen molar-refractivity contribution in [3.63, 3.8) is 0 Å². The molecule has 1 aromatic heterocycles. The zero-order valence-electron chi connectivity index (χ0n) is 11.2. The summed E-state index contributed by atoms with van der Waals surface area (Å²) >= 11 is 0. The molecule has 1 heterocycles. The monoisotopic (exact) mass is 234 g/mol. The highest BCUT2D eigenvalue weighted by Gasteiger charge is 2.14. The van der Waals surface area contributed by atoms with Crippen LogP contribution in [0.5, 0.6) is 0 Å². The smallest absolute Gasteiger partial charge is 0.153 e. The molecule has 17 heavy (non-hydrogen) atoms. The van der Waals surface area contributed by atoms with E-state index >= 15 is 0 Å². The van der Waals surface area contributed by atoms with Gasteiger partial charge >= 0.3 is 0 Å². The maximum Gasteiger partial charge on any atom is 0.153 e. The quantitative estimate of drug-likeness (QED) is 0.709. The Hall–Kier alpha value is -1.38. The van der Waals surface area contributed by atoms with Crippen LogP contribution in [0.25, 0.3) is 0 Å². The van der Waals surface area contributed by atoms with Crippen LogP contribution in [-0.4, -0.2) is 24.4 Å². The molecule has 3 heteroatoms. The van der Waals surface area contributed by atoms with E-state index in [0.29, 0.717) is 17.4 Å². The first kappa shape index (κ1) is 13.7. The fourth-order valence-corrected chi connectivity index (χ4v) is 1.89. The van der Waals surface area contributed by atoms with Gasteiger partial charge in [-0.1, -0.05) is 27.7 Å². The van der Waals surface area contributed by atoms with Gasteiger partial charge in [0.2, 0.25) is 0 Å². The molecule has 0 aliphatic carbocycles. The van der Waals surface area contributed by atoms with Crippen molar-refractivity contribution in [3.05, 3.63) is 23.9 Å². The average Bonchev–Trinajstić information content (AvgIpc) is 2.27. The lowest BCUT2D eigenvalue weighted by molar-refractivity contribution is 0.112. The van der Waals surface area contributed by atoms with Crippen LogP contribution in [0.4, 0.5) is 5.82 Å². The van der Waals surface area contributed by atoms with E-state index in [2.05, 4.69) is 37.6 Å². The summed E-state index contributed by atoms with van der Waals surface area (Å²) in [7, 11) is 0. The molecule has 0 radical (unpaired) electrons. The largest absolute Gasteiger partial charge is 0.356 e. The summed E-state index contributed by atoms with van der Waals surface area (Å²) in [5.41, 5.74) is 0.675. The van der Waals surface area contributed by atoms with Gasteiger partial charge in [0.05, 0.1) is 5.56 Å². The second-order valence-electron chi connectivity index (χ2n) is 5.23. The van der Waals surface area contributed by atoms with E-state index in [-0.39, 0.29) is 0 Å². The highest BCUT2D eigenvalue weighted by atomic mass is 16.1. The van der Waals surface area contributed by atoms with Gasteiger partial charge < -0.3 is 4.90 Å². The van der Waals surface area contributed by atoms with Crippen LogP contribution >= 0.6 is 0 Å². The maximum atomic E-state index is 11.0. The molecule has 0 fully saturated rings. The van der Waals surface area contributed by atoms with E-state index in [1.165, 1.54) is 0 Å². The Morgan fingerprint density at radius 1 is 1.24 bits per heavy atom. The Morgan fingerprint density at radius 3 is 2.29 bits per heavy atom. The number of hydrogen-bond acceptors (Lipinski definition) is 3. The van der Waals surface area contributed by atoms with Crippen LogP contribution < -0.4 is 4.90 Å². The molecule has 0 saturated heterocycles. The molecule has 0 aliphatic heterocycles. The molecular weight excluding hydrogens is 212 g/mol. The van der Waals surface area contributed by atoms with E-state index in [1.54, 1.807) is 12.3 Å². The Balaban J connectivity index is 2.98. The number of hydrogen-bond donors (Lipinski definition) is 0. The molecule has 0 aromatic carbocycles. The molecular formula is C14H22N2O. The number of rotatable bonds is 6. The number of pyridine rings is 1. The van der Waals surface area contributed by atoms with E-state index in [1.807, 2.05) is 6.07 Å². The van der Waals surface area contributed by atoms with E-state index in [9.17, 15) is 4.79 Å². The number of carbonyl (C=O) groups is 1. The van der Waals surface area contributed by atoms with Crippen LogP contribution in [0.2, 0.25) is 0 Å². The molecule has 1 rings (SSSR count). The Morgan fingerprint density at radius 2 is 1.82 bits per heavy atom. The number of aldehydes is 1. The maximum absolute atomic E-state index is 11.0. The second kappa shape index (κ2) is 6.38. The summed E-state index contributed by atoms with van der Waals surface area (Å²) < 4.78 is 0. The molecule has 0 amide bonds. The van der Waals surface area contributed by atoms with Crippen LogP contribution in [0.15, 0.2) is 18.3 Å². The van der Waals surface area contributed by atoms with E-state index < -0.39 is 0 Å². The summed E-state index contributed by atoms with van der Waals surface area (Å²) in [6.45, 7) is 10.6. The molecule has 0 atom stereocenters. The summed E-state index contributed by atoms with van der Waals surface area (Å²) in [5.74, 6) is 1.91. The highest BCUT2D eigenvalue weighted by molar-refractivity contribution is 5.82. The van der Waals surface area contributed by atoms with Gasteiger partial charge in [-0.25, -0.2) is 4.98 Å². The fraction of sp³-hybridized carbons (Fsp3) is 0.571. The highest BCUT2D eigenvalue weighted by Crippen LogP contribution is 2.18. The van der Waals surface area contributed by atoms with Gasteiger partial charge in [-0.05, 0) is 24.0 Å². The van der Waals surface area contributed by atoms with Gasteiger partial charge in [-0.2, -0.15) is 0 Å². The molecule has 0 unspecified atom stereocenters. The normalized spacial score (nSPS) is 10.9. The first-order valence-corrected chi connectivity index (χ1v) is 6.19. The van der Waals surface area contributed by atoms with Crippen molar-refractivity contribution in [3.8, 4) is 0 Å². The van der Waals surface area contributed by atoms with E-state index in [0.717, 1.165) is 25.2 Å². The van der Waals surface area contributed by atoms with Gasteiger partial charge in [0, 0.05) is 19.3 Å². The summed E-state index contributed by atoms with van der Waals surface area (Å²) in [5, 5.41) is 0. The minimum Gasteiger partial charge on any atom is -0.356 e. The number of nitrogens with zero attached hydrogens (tertiary/aromatic N) is 2. The second-order valence-corrected chi connectivity index (χ2v) is 5.23. The molecule has 1 aromatic rings. The van der Waals surface area contributed by atoms with Gasteiger partial charge in [0.15, 0.2) is 6.29 Å². The molecule has 0 bridgehead atoms. The Kier molecular flexibility index (Phi) is 5.13. The number of carbonyl (C=O) groups excluding carboxylic acids is 1. The predicted molar refractivity (Wildman–Crippen MR) is 71.5 cm³/mol. The van der Waals surface area contributed by atoms with Crippen molar-refractivity contribution in [1.82, 2.24) is 4.98 Å². The molecule has 94 valence electrons. The predicted octanol–water partition coefficient (Wildman–Crippen LogP) is 3.01. The standard InChI is InChI=1S/C14H22N2O/c1-11(2)8-16(9-12(3)4)14-13(10-17)6-5-7-15-14/h5-7,10-12H,8-9H2,1-4H3. The first-order valence-electron chi connectivity index (χ1n) is 6.19. The molecule has 3 nitrogen and oxygen atoms in total. The Labute approximate surface area is 104 Å². The topological polar surface area (TPSA) is 33.2 Å². The van der Waals surface area contributed by atoms with Crippen molar-refractivity contribution < 1.29 is 4.79 Å². The summed E-state index contributed by atoms with van der Waals surface area (Å²) in [6, 6.07) is 3.62. The van der Waals surface area contributed by atoms with Crippen molar-refractivity contribution in [2.24, 2.45) is 11.8 Å². The lowest BCUT2D eigenvalue weighted by atomic mass is 10.1. The van der Waals surface area contributed by atoms with Crippen LogP contribution in [0.1, 0.15) is 38.1 Å². The minimum atomic E-state index is 0.551. The zero-order chi connectivity index (χ0) is 12.8. The molecule has 0 aliphatic rings. The van der Waals surface area contributed by atoms with Gasteiger partial charge in [-0.15, -0.1) is 0 Å². The van der Waals surface area contributed by atoms with Crippen molar-refractivity contribution in [2.45, 2.75) is 27.7 Å². The van der Waals surface area contributed by atoms with Gasteiger partial charge in [-0.3, -0.25) is 4.79 Å². The van der Waals surface area contributed by atoms with Gasteiger partial charge in [0.1, 0.15) is 5.82 Å². The number of aromatic nitrogens is 1. The average molecular weight is 234 g/mol. The zero-order valence-corrected chi connectivity index (χ0v) is 11.2. The molecule has 0 spiro atoms. The SMILES string of the molecule is CC(C)CN(CC(C)C)c1ncccc1C=O. The van der Waals surface area contributed by atoms with E-state index in [4.69, 9.17) is 0 Å². The van der Waals surface area contributed by atoms with Crippen molar-refractivity contribution in [1.29, 1.82) is 0 Å². The first-order chi connectivity index (χ1) is 8.04. The number of anilines is 1. The van der Waals surface area contributed by atoms with Gasteiger partial charge in [0.25, 0.3) is 0 Å². The lowest BCUT2D eigenvalue weighted by Gasteiger charge is -2.28. The van der Waals surface area contributed by atoms with Crippen molar-refractivity contribution in [2.75, 3.05) is 18.0 Å². The Bertz CT molecular complexity index is 351. The lowest BCUT2D eigenvalue weighted by Crippen LogP contribution is -2.32. The third-order valence-corrected chi connectivity index (χ3v) is 2.41. The summed E-state index contributed by atoms with van der Waals surface area (Å²) in [6.07, 6.45) is 2.63. The molecule has 0 saturated carbocycles. The van der Waals surface area contributed by atoms with Crippen LogP contribution in [0.3, 0.4) is 0 Å². The molecule has 0 N–H and O–H groups in total. The third-order valence-electron chi connectivity index (χ3n) is 2.41. The fourth-order valence-electron chi connectivity index (χ4n) is 1.89.